The summed E-state index contributed by atoms with van der Waals surface area (Å²) in [5, 5.41) is 0.291. The summed E-state index contributed by atoms with van der Waals surface area (Å²) in [4.78, 5) is 28.1. The summed E-state index contributed by atoms with van der Waals surface area (Å²) in [5.41, 5.74) is 0.844. The number of rotatable bonds is 1. The Morgan fingerprint density at radius 3 is 2.41 bits per heavy atom. The van der Waals surface area contributed by atoms with Crippen LogP contribution >= 0.6 is 11.6 Å². The molecule has 0 unspecified atom stereocenters. The number of aromatic nitrogens is 2. The zero-order chi connectivity index (χ0) is 20.5. The van der Waals surface area contributed by atoms with E-state index in [0.717, 1.165) is 10.1 Å². The number of benzene rings is 3. The second-order valence-electron chi connectivity index (χ2n) is 6.45. The SMILES string of the molecule is Cc1c(F)ccc2[nH]c(=O)n(-c3ccc(C#Cc4ccccc4)cc3Cl)c(=O)c12. The molecule has 0 fully saturated rings. The minimum atomic E-state index is -0.654. The van der Waals surface area contributed by atoms with Gasteiger partial charge >= 0.3 is 5.69 Å². The Morgan fingerprint density at radius 1 is 0.966 bits per heavy atom. The first-order chi connectivity index (χ1) is 14.0. The maximum absolute atomic E-state index is 13.9. The summed E-state index contributed by atoms with van der Waals surface area (Å²) in [6.07, 6.45) is 0. The van der Waals surface area contributed by atoms with Crippen molar-refractivity contribution in [1.82, 2.24) is 9.55 Å². The van der Waals surface area contributed by atoms with E-state index in [0.29, 0.717) is 5.56 Å². The number of H-pyrrole nitrogens is 1. The topological polar surface area (TPSA) is 54.9 Å². The maximum Gasteiger partial charge on any atom is 0.333 e. The molecule has 6 heteroatoms. The first-order valence-corrected chi connectivity index (χ1v) is 9.14. The molecule has 0 saturated carbocycles. The van der Waals surface area contributed by atoms with Gasteiger partial charge in [-0.15, -0.1) is 0 Å². The van der Waals surface area contributed by atoms with E-state index in [1.807, 2.05) is 30.3 Å². The highest BCUT2D eigenvalue weighted by molar-refractivity contribution is 6.32. The third-order valence-corrected chi connectivity index (χ3v) is 4.88. The highest BCUT2D eigenvalue weighted by Gasteiger charge is 2.15. The van der Waals surface area contributed by atoms with Crippen molar-refractivity contribution >= 4 is 22.5 Å². The second kappa shape index (κ2) is 7.42. The van der Waals surface area contributed by atoms with Gasteiger partial charge in [-0.2, -0.15) is 0 Å². The Bertz CT molecular complexity index is 1430. The first-order valence-electron chi connectivity index (χ1n) is 8.77. The Balaban J connectivity index is 1.85. The van der Waals surface area contributed by atoms with Gasteiger partial charge in [0.15, 0.2) is 0 Å². The molecule has 1 heterocycles. The van der Waals surface area contributed by atoms with Crippen molar-refractivity contribution in [2.75, 3.05) is 0 Å². The van der Waals surface area contributed by atoms with Crippen LogP contribution in [-0.2, 0) is 0 Å². The fourth-order valence-corrected chi connectivity index (χ4v) is 3.36. The van der Waals surface area contributed by atoms with Crippen molar-refractivity contribution in [1.29, 1.82) is 0 Å². The molecule has 0 saturated heterocycles. The molecule has 4 nitrogen and oxygen atoms in total. The number of nitrogens with one attached hydrogen (secondary N) is 1. The molecule has 0 aliphatic rings. The van der Waals surface area contributed by atoms with Gasteiger partial charge in [-0.05, 0) is 55.0 Å². The molecule has 4 rings (SSSR count). The third kappa shape index (κ3) is 3.46. The fraction of sp³-hybridized carbons (Fsp3) is 0.0435. The minimum Gasteiger partial charge on any atom is -0.306 e. The van der Waals surface area contributed by atoms with Crippen LogP contribution in [0.3, 0.4) is 0 Å². The normalized spacial score (nSPS) is 10.6. The Labute approximate surface area is 170 Å². The van der Waals surface area contributed by atoms with Crippen molar-refractivity contribution in [3.63, 3.8) is 0 Å². The average molecular weight is 405 g/mol. The summed E-state index contributed by atoms with van der Waals surface area (Å²) in [6.45, 7) is 1.49. The van der Waals surface area contributed by atoms with Crippen LogP contribution in [0.1, 0.15) is 16.7 Å². The number of nitrogens with zero attached hydrogens (tertiary/aromatic N) is 1. The largest absolute Gasteiger partial charge is 0.333 e. The number of halogens is 2. The van der Waals surface area contributed by atoms with Gasteiger partial charge in [-0.1, -0.05) is 41.6 Å². The highest BCUT2D eigenvalue weighted by Crippen LogP contribution is 2.21. The number of aryl methyl sites for hydroxylation is 1. The Hall–Kier alpha value is -3.62. The van der Waals surface area contributed by atoms with Crippen LogP contribution < -0.4 is 11.2 Å². The van der Waals surface area contributed by atoms with Crippen LogP contribution in [0.4, 0.5) is 4.39 Å². The lowest BCUT2D eigenvalue weighted by atomic mass is 10.1. The van der Waals surface area contributed by atoms with Gasteiger partial charge in [0.25, 0.3) is 5.56 Å². The lowest BCUT2D eigenvalue weighted by Crippen LogP contribution is -2.34. The van der Waals surface area contributed by atoms with Crippen molar-refractivity contribution in [3.05, 3.63) is 109 Å². The molecule has 0 spiro atoms. The van der Waals surface area contributed by atoms with Crippen molar-refractivity contribution in [2.45, 2.75) is 6.92 Å². The van der Waals surface area contributed by atoms with E-state index >= 15 is 0 Å². The molecule has 0 aliphatic carbocycles. The van der Waals surface area contributed by atoms with Gasteiger partial charge in [0.1, 0.15) is 5.82 Å². The lowest BCUT2D eigenvalue weighted by Gasteiger charge is -2.10. The van der Waals surface area contributed by atoms with Gasteiger partial charge < -0.3 is 4.98 Å². The molecule has 0 atom stereocenters. The van der Waals surface area contributed by atoms with Crippen LogP contribution in [0.2, 0.25) is 5.02 Å². The van der Waals surface area contributed by atoms with Gasteiger partial charge in [-0.3, -0.25) is 4.79 Å². The lowest BCUT2D eigenvalue weighted by molar-refractivity contribution is 0.620. The van der Waals surface area contributed by atoms with E-state index in [1.54, 1.807) is 18.2 Å². The molecule has 29 heavy (non-hydrogen) atoms. The molecule has 0 aliphatic heterocycles. The first kappa shape index (κ1) is 18.7. The summed E-state index contributed by atoms with van der Waals surface area (Å²) in [5.74, 6) is 5.50. The number of fused-ring (bicyclic) bond motifs is 1. The van der Waals surface area contributed by atoms with Gasteiger partial charge in [0.05, 0.1) is 21.6 Å². The van der Waals surface area contributed by atoms with Crippen molar-refractivity contribution in [3.8, 4) is 17.5 Å². The van der Waals surface area contributed by atoms with E-state index in [-0.39, 0.29) is 27.2 Å². The van der Waals surface area contributed by atoms with Gasteiger partial charge in [-0.25, -0.2) is 13.8 Å². The highest BCUT2D eigenvalue weighted by atomic mass is 35.5. The molecular weight excluding hydrogens is 391 g/mol. The number of hydrogen-bond acceptors (Lipinski definition) is 2. The number of hydrogen-bond donors (Lipinski definition) is 1. The fourth-order valence-electron chi connectivity index (χ4n) is 3.09. The average Bonchev–Trinajstić information content (AvgIpc) is 2.71. The van der Waals surface area contributed by atoms with Crippen molar-refractivity contribution in [2.24, 2.45) is 0 Å². The van der Waals surface area contributed by atoms with Gasteiger partial charge in [0, 0.05) is 11.1 Å². The van der Waals surface area contributed by atoms with E-state index in [9.17, 15) is 14.0 Å². The van der Waals surface area contributed by atoms with E-state index in [4.69, 9.17) is 11.6 Å². The maximum atomic E-state index is 13.9. The van der Waals surface area contributed by atoms with Crippen molar-refractivity contribution < 1.29 is 4.39 Å². The molecule has 1 aromatic heterocycles. The summed E-state index contributed by atoms with van der Waals surface area (Å²) in [7, 11) is 0. The third-order valence-electron chi connectivity index (χ3n) is 4.57. The molecule has 142 valence electrons. The van der Waals surface area contributed by atoms with E-state index < -0.39 is 17.1 Å². The Kier molecular flexibility index (Phi) is 4.79. The van der Waals surface area contributed by atoms with Crippen LogP contribution in [0, 0.1) is 24.6 Å². The summed E-state index contributed by atoms with van der Waals surface area (Å²) >= 11 is 6.36. The molecule has 0 amide bonds. The monoisotopic (exact) mass is 404 g/mol. The zero-order valence-corrected chi connectivity index (χ0v) is 16.0. The smallest absolute Gasteiger partial charge is 0.306 e. The second-order valence-corrected chi connectivity index (χ2v) is 6.86. The van der Waals surface area contributed by atoms with Gasteiger partial charge in [0.2, 0.25) is 0 Å². The predicted molar refractivity (Wildman–Crippen MR) is 112 cm³/mol. The van der Waals surface area contributed by atoms with Crippen LogP contribution in [0.15, 0.2) is 70.3 Å². The Morgan fingerprint density at radius 2 is 1.69 bits per heavy atom. The molecule has 0 bridgehead atoms. The molecule has 1 N–H and O–H groups in total. The van der Waals surface area contributed by atoms with Crippen LogP contribution in [0.25, 0.3) is 16.6 Å². The standard InChI is InChI=1S/C23H14ClFN2O2/c1-14-18(25)10-11-19-21(14)22(28)27(23(29)26-19)20-12-9-16(13-17(20)24)8-7-15-5-3-2-4-6-15/h2-6,9-13H,1H3,(H,26,29). The van der Waals surface area contributed by atoms with Crippen LogP contribution in [0.5, 0.6) is 0 Å². The molecular formula is C23H14ClFN2O2. The zero-order valence-electron chi connectivity index (χ0n) is 15.3. The molecule has 4 aromatic rings. The molecule has 0 radical (unpaired) electrons. The summed E-state index contributed by atoms with van der Waals surface area (Å²) in [6, 6.07) is 16.9. The van der Waals surface area contributed by atoms with E-state index in [1.165, 1.54) is 19.1 Å². The van der Waals surface area contributed by atoms with E-state index in [2.05, 4.69) is 16.8 Å². The summed E-state index contributed by atoms with van der Waals surface area (Å²) < 4.78 is 14.8. The quantitative estimate of drug-likeness (QED) is 0.484. The number of aromatic amines is 1. The minimum absolute atomic E-state index is 0.105. The molecule has 3 aromatic carbocycles. The predicted octanol–water partition coefficient (Wildman–Crippen LogP) is 4.18. The van der Waals surface area contributed by atoms with Crippen LogP contribution in [-0.4, -0.2) is 9.55 Å².